The average molecular weight is 310 g/mol. The minimum absolute atomic E-state index is 0.0324. The van der Waals surface area contributed by atoms with E-state index in [9.17, 15) is 16.8 Å². The first-order valence-corrected chi connectivity index (χ1v) is 10.1. The summed E-state index contributed by atoms with van der Waals surface area (Å²) in [5.41, 5.74) is 5.67. The van der Waals surface area contributed by atoms with E-state index in [1.165, 1.54) is 0 Å². The van der Waals surface area contributed by atoms with E-state index in [0.29, 0.717) is 0 Å². The largest absolute Gasteiger partial charge is 0.329 e. The van der Waals surface area contributed by atoms with Gasteiger partial charge in [0.1, 0.15) is 0 Å². The van der Waals surface area contributed by atoms with Gasteiger partial charge in [-0.05, 0) is 25.2 Å². The van der Waals surface area contributed by atoms with Gasteiger partial charge in [-0.1, -0.05) is 12.8 Å². The zero-order chi connectivity index (χ0) is 14.1. The maximum Gasteiger partial charge on any atom is 0.215 e. The van der Waals surface area contributed by atoms with Crippen LogP contribution in [0.5, 0.6) is 0 Å². The van der Waals surface area contributed by atoms with Crippen molar-refractivity contribution in [1.82, 2.24) is 4.72 Å². The normalized spacial score (nSPS) is 29.6. The van der Waals surface area contributed by atoms with Gasteiger partial charge in [0.15, 0.2) is 9.84 Å². The molecule has 2 fully saturated rings. The number of nitrogens with two attached hydrogens (primary N) is 1. The molecule has 1 saturated carbocycles. The molecule has 2 rings (SSSR count). The number of hydrogen-bond donors (Lipinski definition) is 2. The summed E-state index contributed by atoms with van der Waals surface area (Å²) < 4.78 is 49.8. The molecule has 0 aromatic rings. The lowest BCUT2D eigenvalue weighted by atomic mass is 9.99. The highest BCUT2D eigenvalue weighted by molar-refractivity contribution is 7.95. The van der Waals surface area contributed by atoms with Crippen LogP contribution in [0.4, 0.5) is 0 Å². The Hall–Kier alpha value is -0.180. The van der Waals surface area contributed by atoms with Gasteiger partial charge in [0.2, 0.25) is 10.0 Å². The SMILES string of the molecule is NCC(NS(=O)(=O)C1CCS(=O)(=O)C1)C1CCCC1. The Labute approximate surface area is 115 Å². The van der Waals surface area contributed by atoms with E-state index in [0.717, 1.165) is 25.7 Å². The van der Waals surface area contributed by atoms with Gasteiger partial charge in [-0.2, -0.15) is 0 Å². The smallest absolute Gasteiger partial charge is 0.215 e. The quantitative estimate of drug-likeness (QED) is 0.719. The van der Waals surface area contributed by atoms with Gasteiger partial charge in [0, 0.05) is 12.6 Å². The Morgan fingerprint density at radius 3 is 2.32 bits per heavy atom. The number of nitrogens with one attached hydrogen (secondary N) is 1. The molecular weight excluding hydrogens is 288 g/mol. The van der Waals surface area contributed by atoms with Gasteiger partial charge in [0.25, 0.3) is 0 Å². The average Bonchev–Trinajstić information content (AvgIpc) is 2.95. The number of sulfonamides is 1. The lowest BCUT2D eigenvalue weighted by Gasteiger charge is -2.24. The predicted octanol–water partition coefficient (Wildman–Crippen LogP) is -0.390. The Morgan fingerprint density at radius 2 is 1.84 bits per heavy atom. The van der Waals surface area contributed by atoms with E-state index in [-0.39, 0.29) is 36.4 Å². The van der Waals surface area contributed by atoms with E-state index in [1.807, 2.05) is 0 Å². The standard InChI is InChI=1S/C11H22N2O4S2/c12-7-11(9-3-1-2-4-9)13-19(16,17)10-5-6-18(14,15)8-10/h9-11,13H,1-8,12H2. The van der Waals surface area contributed by atoms with Crippen LogP contribution in [0.2, 0.25) is 0 Å². The van der Waals surface area contributed by atoms with E-state index < -0.39 is 25.1 Å². The molecule has 2 unspecified atom stereocenters. The summed E-state index contributed by atoms with van der Waals surface area (Å²) in [6.07, 6.45) is 4.40. The minimum Gasteiger partial charge on any atom is -0.329 e. The van der Waals surface area contributed by atoms with Crippen molar-refractivity contribution in [3.8, 4) is 0 Å². The molecule has 2 atom stereocenters. The summed E-state index contributed by atoms with van der Waals surface area (Å²) in [5.74, 6) is -0.00246. The van der Waals surface area contributed by atoms with Crippen molar-refractivity contribution in [2.24, 2.45) is 11.7 Å². The van der Waals surface area contributed by atoms with Gasteiger partial charge in [-0.15, -0.1) is 0 Å². The summed E-state index contributed by atoms with van der Waals surface area (Å²) in [7, 11) is -6.78. The maximum absolute atomic E-state index is 12.2. The zero-order valence-electron chi connectivity index (χ0n) is 10.9. The summed E-state index contributed by atoms with van der Waals surface area (Å²) >= 11 is 0. The highest BCUT2D eigenvalue weighted by Gasteiger charge is 2.39. The molecule has 112 valence electrons. The topological polar surface area (TPSA) is 106 Å². The first-order chi connectivity index (χ1) is 8.84. The van der Waals surface area contributed by atoms with Crippen LogP contribution in [0.3, 0.4) is 0 Å². The van der Waals surface area contributed by atoms with Crippen LogP contribution in [0.1, 0.15) is 32.1 Å². The molecule has 1 saturated heterocycles. The van der Waals surface area contributed by atoms with Gasteiger partial charge in [-0.25, -0.2) is 21.6 Å². The van der Waals surface area contributed by atoms with Crippen LogP contribution >= 0.6 is 0 Å². The molecule has 0 amide bonds. The lowest BCUT2D eigenvalue weighted by molar-refractivity contribution is 0.404. The van der Waals surface area contributed by atoms with Crippen molar-refractivity contribution < 1.29 is 16.8 Å². The first-order valence-electron chi connectivity index (χ1n) is 6.76. The molecular formula is C11H22N2O4S2. The Balaban J connectivity index is 2.03. The van der Waals surface area contributed by atoms with Crippen LogP contribution < -0.4 is 10.5 Å². The fourth-order valence-electron chi connectivity index (χ4n) is 3.01. The van der Waals surface area contributed by atoms with Crippen LogP contribution in [-0.2, 0) is 19.9 Å². The molecule has 2 aliphatic rings. The fraction of sp³-hybridized carbons (Fsp3) is 1.00. The summed E-state index contributed by atoms with van der Waals surface area (Å²) in [6.45, 7) is 0.267. The first kappa shape index (κ1) is 15.2. The molecule has 8 heteroatoms. The second-order valence-corrected chi connectivity index (χ2v) is 9.80. The number of rotatable bonds is 5. The molecule has 0 spiro atoms. The van der Waals surface area contributed by atoms with Crippen LogP contribution in [-0.4, -0.2) is 46.2 Å². The Bertz CT molecular complexity index is 509. The monoisotopic (exact) mass is 310 g/mol. The van der Waals surface area contributed by atoms with E-state index in [4.69, 9.17) is 5.73 Å². The van der Waals surface area contributed by atoms with Crippen molar-refractivity contribution in [3.63, 3.8) is 0 Å². The molecule has 0 aromatic heterocycles. The maximum atomic E-state index is 12.2. The third-order valence-corrected chi connectivity index (χ3v) is 8.06. The molecule has 0 aromatic carbocycles. The van der Waals surface area contributed by atoms with Gasteiger partial charge < -0.3 is 5.73 Å². The highest BCUT2D eigenvalue weighted by Crippen LogP contribution is 2.28. The highest BCUT2D eigenvalue weighted by atomic mass is 32.2. The molecule has 3 N–H and O–H groups in total. The molecule has 19 heavy (non-hydrogen) atoms. The van der Waals surface area contributed by atoms with Gasteiger partial charge in [0.05, 0.1) is 16.8 Å². The predicted molar refractivity (Wildman–Crippen MR) is 73.9 cm³/mol. The van der Waals surface area contributed by atoms with E-state index in [1.54, 1.807) is 0 Å². The summed E-state index contributed by atoms with van der Waals surface area (Å²) in [5, 5.41) is -0.812. The van der Waals surface area contributed by atoms with Gasteiger partial charge >= 0.3 is 0 Å². The molecule has 1 aliphatic heterocycles. The van der Waals surface area contributed by atoms with Gasteiger partial charge in [-0.3, -0.25) is 0 Å². The molecule has 1 heterocycles. The van der Waals surface area contributed by atoms with E-state index >= 15 is 0 Å². The molecule has 0 bridgehead atoms. The third-order valence-electron chi connectivity index (χ3n) is 4.17. The molecule has 0 radical (unpaired) electrons. The Kier molecular flexibility index (Phi) is 4.54. The third kappa shape index (κ3) is 3.68. The van der Waals surface area contributed by atoms with Crippen molar-refractivity contribution in [2.45, 2.75) is 43.4 Å². The zero-order valence-corrected chi connectivity index (χ0v) is 12.5. The van der Waals surface area contributed by atoms with Crippen molar-refractivity contribution in [1.29, 1.82) is 0 Å². The number of hydrogen-bond acceptors (Lipinski definition) is 5. The van der Waals surface area contributed by atoms with Crippen LogP contribution in [0.25, 0.3) is 0 Å². The van der Waals surface area contributed by atoms with E-state index in [2.05, 4.69) is 4.72 Å². The van der Waals surface area contributed by atoms with Crippen molar-refractivity contribution in [3.05, 3.63) is 0 Å². The second-order valence-electron chi connectivity index (χ2n) is 5.57. The van der Waals surface area contributed by atoms with Crippen molar-refractivity contribution in [2.75, 3.05) is 18.1 Å². The lowest BCUT2D eigenvalue weighted by Crippen LogP contribution is -2.48. The van der Waals surface area contributed by atoms with Crippen LogP contribution in [0, 0.1) is 5.92 Å². The molecule has 6 nitrogen and oxygen atoms in total. The second kappa shape index (κ2) is 5.67. The number of sulfone groups is 1. The molecule has 1 aliphatic carbocycles. The summed E-state index contributed by atoms with van der Waals surface area (Å²) in [6, 6.07) is -0.254. The minimum atomic E-state index is -3.59. The summed E-state index contributed by atoms with van der Waals surface area (Å²) in [4.78, 5) is 0. The van der Waals surface area contributed by atoms with Crippen LogP contribution in [0.15, 0.2) is 0 Å². The Morgan fingerprint density at radius 1 is 1.21 bits per heavy atom. The fourth-order valence-corrected chi connectivity index (χ4v) is 7.37. The van der Waals surface area contributed by atoms with Crippen molar-refractivity contribution >= 4 is 19.9 Å².